The molecule has 0 fully saturated rings. The fourth-order valence-electron chi connectivity index (χ4n) is 7.01. The zero-order valence-corrected chi connectivity index (χ0v) is 50.3. The largest absolute Gasteiger partial charge is 0.471 e. The Hall–Kier alpha value is -10.5. The first kappa shape index (κ1) is 64.0. The molecule has 0 atom stereocenters. The molecule has 0 saturated carbocycles. The van der Waals surface area contributed by atoms with Crippen LogP contribution in [-0.4, -0.2) is 116 Å². The van der Waals surface area contributed by atoms with E-state index in [-0.39, 0.29) is 11.6 Å². The van der Waals surface area contributed by atoms with Crippen LogP contribution in [0.3, 0.4) is 0 Å². The number of halogens is 8. The van der Waals surface area contributed by atoms with Crippen molar-refractivity contribution in [1.29, 1.82) is 0 Å². The van der Waals surface area contributed by atoms with E-state index in [2.05, 4.69) is 126 Å². The SMILES string of the molecule is Cn1cc(-c2ccc(Cl)nn2)cn1.Cn1cc(-c2ccc(N(Cc3ccc(-c4noc(C(F)(F)F)n4)s3)c3cnccn3)nn2)cn1.Cn1cc(-c2ccc(Nc3cnccn3)nn2)cn1.FC(F)(F)c1nc(-c2ccc(CBr)s2)no1.Nc1cnccn1.[2H]O. The smallest absolute Gasteiger partial charge is 0.412 e. The maximum absolute atomic E-state index is 12.8. The highest BCUT2D eigenvalue weighted by Crippen LogP contribution is 2.35. The third kappa shape index (κ3) is 18.5. The molecule has 0 radical (unpaired) electrons. The molecule has 28 nitrogen and oxygen atoms in total. The van der Waals surface area contributed by atoms with Crippen molar-refractivity contribution in [3.8, 4) is 55.2 Å². The quantitative estimate of drug-likeness (QED) is 0.0848. The molecule has 5 N–H and O–H groups in total. The Morgan fingerprint density at radius 3 is 1.46 bits per heavy atom. The number of hydrogen-bond donors (Lipinski definition) is 2. The Morgan fingerprint density at radius 1 is 0.567 bits per heavy atom. The molecule has 0 spiro atoms. The van der Waals surface area contributed by atoms with Crippen molar-refractivity contribution in [3.05, 3.63) is 180 Å². The molecular formula is C52H43BrClF6N25O3S2. The summed E-state index contributed by atoms with van der Waals surface area (Å²) < 4.78 is 93.2. The molecule has 0 saturated heterocycles. The van der Waals surface area contributed by atoms with E-state index in [1.54, 1.807) is 124 Å². The number of nitrogens with one attached hydrogen (secondary N) is 1. The summed E-state index contributed by atoms with van der Waals surface area (Å²) in [4.78, 5) is 35.2. The third-order valence-corrected chi connectivity index (χ3v) is 14.3. The van der Waals surface area contributed by atoms with E-state index >= 15 is 0 Å². The van der Waals surface area contributed by atoms with Crippen LogP contribution in [-0.2, 0) is 45.4 Å². The molecule has 0 amide bonds. The first-order valence-corrected chi connectivity index (χ1v) is 28.2. The maximum Gasteiger partial charge on any atom is 0.471 e. The molecule has 0 aliphatic rings. The second-order valence-corrected chi connectivity index (χ2v) is 20.8. The summed E-state index contributed by atoms with van der Waals surface area (Å²) in [6, 6.07) is 17.7. The summed E-state index contributed by atoms with van der Waals surface area (Å²) >= 11 is 11.4. The van der Waals surface area contributed by atoms with Crippen molar-refractivity contribution in [2.75, 3.05) is 16.0 Å². The van der Waals surface area contributed by atoms with Gasteiger partial charge in [0.1, 0.15) is 11.6 Å². The zero-order valence-electron chi connectivity index (χ0n) is 47.3. The van der Waals surface area contributed by atoms with Gasteiger partial charge in [-0.1, -0.05) is 37.8 Å². The Kier molecular flexibility index (Phi) is 21.6. The summed E-state index contributed by atoms with van der Waals surface area (Å²) in [7, 11) is 5.53. The van der Waals surface area contributed by atoms with Gasteiger partial charge in [0.25, 0.3) is 0 Å². The van der Waals surface area contributed by atoms with E-state index in [0.717, 1.165) is 37.8 Å². The first-order chi connectivity index (χ1) is 43.8. The standard InChI is InChI=1S/C20H14F3N9OS.C12H11N7.C8H4BrF3N2OS.C8H7ClN4.C4H5N3.H2O/c1-31-10-12(8-26-31)14-3-5-16(29-28-14)32(17-9-24-6-7-25-17)11-13-2-4-15(34-13)18-27-19(33-30-18)20(21,22)23;1-19-8-9(6-15-19)10-2-3-11(18-17-10)16-12-7-13-4-5-14-12;9-3-4-1-2-5(16-4)6-13-7(15-14-6)8(10,11)12;1-13-5-6(4-10-13)7-2-3-8(9)12-11-7;5-4-3-6-1-2-7-4;/h2-10H,11H2,1H3;2-8H,1H3,(H,14,16,18);1-2H,3H2;2-5H,1H3;1-3H,(H2,5,7);1H2/i/hD. The van der Waals surface area contributed by atoms with Gasteiger partial charge in [-0.3, -0.25) is 29.0 Å². The topological polar surface area (TPSA) is 359 Å². The van der Waals surface area contributed by atoms with Crippen LogP contribution in [0.15, 0.2) is 163 Å². The summed E-state index contributed by atoms with van der Waals surface area (Å²) in [5.74, 6) is -0.123. The van der Waals surface area contributed by atoms with Crippen molar-refractivity contribution < 1.29 is 42.3 Å². The van der Waals surface area contributed by atoms with Crippen molar-refractivity contribution in [2.24, 2.45) is 21.1 Å². The molecule has 462 valence electrons. The minimum atomic E-state index is -4.70. The maximum atomic E-state index is 12.8. The number of anilines is 5. The van der Waals surface area contributed by atoms with Gasteiger partial charge in [0.15, 0.2) is 22.6 Å². The fraction of sp³-hybridized carbons (Fsp3) is 0.135. The van der Waals surface area contributed by atoms with Gasteiger partial charge in [-0.25, -0.2) is 15.0 Å². The summed E-state index contributed by atoms with van der Waals surface area (Å²) in [6.07, 6.45) is 15.6. The number of nitrogen functional groups attached to an aromatic ring is 1. The number of aromatic nitrogens is 22. The lowest BCUT2D eigenvalue weighted by molar-refractivity contribution is -0.160. The van der Waals surface area contributed by atoms with Crippen LogP contribution in [0.25, 0.3) is 55.2 Å². The van der Waals surface area contributed by atoms with E-state index in [4.69, 9.17) is 24.2 Å². The zero-order chi connectivity index (χ0) is 64.9. The minimum absolute atomic E-state index is 0.0375. The van der Waals surface area contributed by atoms with Gasteiger partial charge in [-0.2, -0.15) is 51.6 Å². The Balaban J connectivity index is 0.000000159. The van der Waals surface area contributed by atoms with E-state index in [0.29, 0.717) is 61.6 Å². The molecule has 0 bridgehead atoms. The molecule has 0 aliphatic heterocycles. The summed E-state index contributed by atoms with van der Waals surface area (Å²) in [5, 5.41) is 47.6. The third-order valence-electron chi connectivity index (χ3n) is 11.0. The van der Waals surface area contributed by atoms with Gasteiger partial charge in [0.05, 0.1) is 70.6 Å². The van der Waals surface area contributed by atoms with E-state index in [9.17, 15) is 26.3 Å². The summed E-state index contributed by atoms with van der Waals surface area (Å²) in [6.45, 7) is 0.314. The van der Waals surface area contributed by atoms with Gasteiger partial charge >= 0.3 is 24.1 Å². The van der Waals surface area contributed by atoms with E-state index in [1.165, 1.54) is 28.9 Å². The molecule has 0 unspecified atom stereocenters. The van der Waals surface area contributed by atoms with Crippen molar-refractivity contribution >= 4 is 79.3 Å². The monoisotopic (exact) mass is 1360 g/mol. The van der Waals surface area contributed by atoms with Crippen molar-refractivity contribution in [3.63, 3.8) is 0 Å². The normalized spacial score (nSPS) is 11.0. The lowest BCUT2D eigenvalue weighted by Crippen LogP contribution is -2.19. The average molecular weight is 1360 g/mol. The number of rotatable bonds is 12. The van der Waals surface area contributed by atoms with Crippen LogP contribution >= 0.6 is 50.2 Å². The van der Waals surface area contributed by atoms with Crippen LogP contribution in [0, 0.1) is 0 Å². The molecule has 13 aromatic heterocycles. The summed E-state index contributed by atoms with van der Waals surface area (Å²) in [5.41, 5.74) is 16.3. The van der Waals surface area contributed by atoms with Gasteiger partial charge in [0, 0.05) is 109 Å². The molecule has 90 heavy (non-hydrogen) atoms. The lowest BCUT2D eigenvalue weighted by atomic mass is 10.2. The van der Waals surface area contributed by atoms with Crippen LogP contribution in [0.4, 0.5) is 55.4 Å². The van der Waals surface area contributed by atoms with E-state index in [1.807, 2.05) is 64.0 Å². The highest BCUT2D eigenvalue weighted by molar-refractivity contribution is 9.08. The fourth-order valence-corrected chi connectivity index (χ4v) is 9.35. The van der Waals surface area contributed by atoms with Gasteiger partial charge in [-0.15, -0.1) is 53.3 Å². The van der Waals surface area contributed by atoms with Crippen LogP contribution in [0.5, 0.6) is 0 Å². The second kappa shape index (κ2) is 30.4. The molecule has 13 rings (SSSR count). The molecule has 13 aromatic rings. The average Bonchev–Trinajstić information content (AvgIpc) is 2.10. The molecule has 0 aromatic carbocycles. The van der Waals surface area contributed by atoms with Gasteiger partial charge < -0.3 is 30.5 Å². The predicted molar refractivity (Wildman–Crippen MR) is 319 cm³/mol. The van der Waals surface area contributed by atoms with Gasteiger partial charge in [-0.05, 0) is 60.7 Å². The molecule has 0 aliphatic carbocycles. The number of aryl methyl sites for hydroxylation is 3. The highest BCUT2D eigenvalue weighted by Gasteiger charge is 2.39. The number of thiophene rings is 2. The second-order valence-electron chi connectivity index (χ2n) is 17.5. The number of hydrogen-bond acceptors (Lipinski definition) is 26. The van der Waals surface area contributed by atoms with Crippen LogP contribution in [0.2, 0.25) is 5.15 Å². The number of alkyl halides is 7. The van der Waals surface area contributed by atoms with Gasteiger partial charge in [0.2, 0.25) is 13.1 Å². The molecule has 38 heteroatoms. The molecular weight excluding hydrogens is 1320 g/mol. The lowest BCUT2D eigenvalue weighted by Gasteiger charge is -2.21. The number of nitrogens with zero attached hydrogens (tertiary/aromatic N) is 23. The van der Waals surface area contributed by atoms with Crippen molar-refractivity contribution in [1.82, 2.24) is 110 Å². The van der Waals surface area contributed by atoms with Crippen LogP contribution < -0.4 is 16.0 Å². The Bertz CT molecular complexity index is 4280. The highest BCUT2D eigenvalue weighted by atomic mass is 79.9. The minimum Gasteiger partial charge on any atom is -0.412 e. The predicted octanol–water partition coefficient (Wildman–Crippen LogP) is 10.0. The Morgan fingerprint density at radius 2 is 1.07 bits per heavy atom. The Labute approximate surface area is 525 Å². The van der Waals surface area contributed by atoms with E-state index < -0.39 is 24.1 Å². The molecule has 13 heterocycles. The number of nitrogens with two attached hydrogens (primary N) is 1. The van der Waals surface area contributed by atoms with Crippen molar-refractivity contribution in [2.45, 2.75) is 24.2 Å². The van der Waals surface area contributed by atoms with Crippen LogP contribution in [0.1, 0.15) is 23.0 Å². The first-order valence-electron chi connectivity index (χ1n) is 25.6.